The number of amides is 1. The minimum absolute atomic E-state index is 0.586. The van der Waals surface area contributed by atoms with Crippen LogP contribution in [-0.4, -0.2) is 37.5 Å². The molecule has 1 aliphatic rings. The van der Waals surface area contributed by atoms with E-state index in [-0.39, 0.29) is 0 Å². The molecular weight excluding hydrogens is 257 g/mol. The lowest BCUT2D eigenvalue weighted by Gasteiger charge is -2.22. The topological polar surface area (TPSA) is 32.3 Å². The SMILES string of the molecule is Cc1cccc(C(F)(F)F)c1.O=CN1CCNCC1. The molecule has 1 heterocycles. The summed E-state index contributed by atoms with van der Waals surface area (Å²) in [6.07, 6.45) is -3.31. The van der Waals surface area contributed by atoms with Crippen LogP contribution in [0.3, 0.4) is 0 Å². The molecule has 1 aromatic rings. The van der Waals surface area contributed by atoms with Gasteiger partial charge in [-0.05, 0) is 13.0 Å². The molecule has 1 amide bonds. The van der Waals surface area contributed by atoms with Crippen LogP contribution in [-0.2, 0) is 11.0 Å². The summed E-state index contributed by atoms with van der Waals surface area (Å²) >= 11 is 0. The van der Waals surface area contributed by atoms with Crippen LogP contribution in [0.4, 0.5) is 13.2 Å². The second-order valence-corrected chi connectivity index (χ2v) is 4.26. The van der Waals surface area contributed by atoms with Crippen LogP contribution < -0.4 is 5.32 Å². The van der Waals surface area contributed by atoms with Gasteiger partial charge in [-0.2, -0.15) is 13.2 Å². The average molecular weight is 274 g/mol. The summed E-state index contributed by atoms with van der Waals surface area (Å²) in [6, 6.07) is 5.22. The first-order valence-electron chi connectivity index (χ1n) is 5.97. The average Bonchev–Trinajstić information content (AvgIpc) is 2.39. The quantitative estimate of drug-likeness (QED) is 0.795. The Hall–Kier alpha value is -1.56. The predicted molar refractivity (Wildman–Crippen MR) is 66.7 cm³/mol. The van der Waals surface area contributed by atoms with E-state index in [1.807, 2.05) is 0 Å². The van der Waals surface area contributed by atoms with Crippen molar-refractivity contribution >= 4 is 6.41 Å². The van der Waals surface area contributed by atoms with Gasteiger partial charge >= 0.3 is 6.18 Å². The first-order valence-corrected chi connectivity index (χ1v) is 5.97. The van der Waals surface area contributed by atoms with Gasteiger partial charge in [0.15, 0.2) is 0 Å². The lowest BCUT2D eigenvalue weighted by atomic mass is 10.1. The molecule has 0 aromatic heterocycles. The van der Waals surface area contributed by atoms with Crippen molar-refractivity contribution in [2.24, 2.45) is 0 Å². The summed E-state index contributed by atoms with van der Waals surface area (Å²) in [5.41, 5.74) is 0.0392. The van der Waals surface area contributed by atoms with E-state index < -0.39 is 11.7 Å². The zero-order valence-corrected chi connectivity index (χ0v) is 10.7. The van der Waals surface area contributed by atoms with Gasteiger partial charge in [-0.25, -0.2) is 0 Å². The summed E-state index contributed by atoms with van der Waals surface area (Å²) in [5.74, 6) is 0. The molecule has 0 unspecified atom stereocenters. The fraction of sp³-hybridized carbons (Fsp3) is 0.462. The van der Waals surface area contributed by atoms with Crippen molar-refractivity contribution in [3.63, 3.8) is 0 Å². The Bertz CT molecular complexity index is 401. The van der Waals surface area contributed by atoms with Crippen LogP contribution in [0, 0.1) is 6.92 Å². The summed E-state index contributed by atoms with van der Waals surface area (Å²) < 4.78 is 35.9. The predicted octanol–water partition coefficient (Wildman–Crippen LogP) is 2.06. The molecule has 0 bridgehead atoms. The maximum Gasteiger partial charge on any atom is 0.416 e. The second kappa shape index (κ2) is 7.13. The normalized spacial score (nSPS) is 15.5. The number of aryl methyl sites for hydroxylation is 1. The highest BCUT2D eigenvalue weighted by Crippen LogP contribution is 2.29. The van der Waals surface area contributed by atoms with Crippen LogP contribution >= 0.6 is 0 Å². The van der Waals surface area contributed by atoms with Crippen molar-refractivity contribution in [1.29, 1.82) is 0 Å². The number of nitrogens with zero attached hydrogens (tertiary/aromatic N) is 1. The van der Waals surface area contributed by atoms with Crippen LogP contribution in [0.15, 0.2) is 24.3 Å². The molecule has 106 valence electrons. The minimum atomic E-state index is -4.22. The monoisotopic (exact) mass is 274 g/mol. The third-order valence-corrected chi connectivity index (χ3v) is 2.65. The molecule has 1 N–H and O–H groups in total. The van der Waals surface area contributed by atoms with Gasteiger partial charge in [0.05, 0.1) is 5.56 Å². The smallest absolute Gasteiger partial charge is 0.343 e. The highest BCUT2D eigenvalue weighted by Gasteiger charge is 2.29. The molecule has 1 aromatic carbocycles. The summed E-state index contributed by atoms with van der Waals surface area (Å²) in [5, 5.41) is 3.15. The van der Waals surface area contributed by atoms with Crippen LogP contribution in [0.1, 0.15) is 11.1 Å². The van der Waals surface area contributed by atoms with E-state index in [2.05, 4.69) is 5.32 Å². The molecule has 1 aliphatic heterocycles. The number of benzene rings is 1. The highest BCUT2D eigenvalue weighted by atomic mass is 19.4. The number of carbonyl (C=O) groups is 1. The lowest BCUT2D eigenvalue weighted by molar-refractivity contribution is -0.137. The van der Waals surface area contributed by atoms with E-state index in [1.165, 1.54) is 6.07 Å². The molecule has 19 heavy (non-hydrogen) atoms. The Kier molecular flexibility index (Phi) is 5.82. The third-order valence-electron chi connectivity index (χ3n) is 2.65. The number of halogens is 3. The number of hydrogen-bond acceptors (Lipinski definition) is 2. The van der Waals surface area contributed by atoms with Gasteiger partial charge in [0, 0.05) is 26.2 Å². The number of hydrogen-bond donors (Lipinski definition) is 1. The first-order chi connectivity index (χ1) is 8.93. The molecule has 0 atom stereocenters. The Labute approximate surface area is 110 Å². The van der Waals surface area contributed by atoms with Crippen molar-refractivity contribution in [2.75, 3.05) is 26.2 Å². The number of carbonyl (C=O) groups excluding carboxylic acids is 1. The van der Waals surface area contributed by atoms with E-state index in [0.717, 1.165) is 44.7 Å². The fourth-order valence-electron chi connectivity index (χ4n) is 1.61. The zero-order chi connectivity index (χ0) is 14.3. The molecule has 0 spiro atoms. The zero-order valence-electron chi connectivity index (χ0n) is 10.7. The van der Waals surface area contributed by atoms with Gasteiger partial charge in [0.1, 0.15) is 0 Å². The largest absolute Gasteiger partial charge is 0.416 e. The maximum atomic E-state index is 12.0. The van der Waals surface area contributed by atoms with Crippen LogP contribution in [0.5, 0.6) is 0 Å². The van der Waals surface area contributed by atoms with E-state index in [1.54, 1.807) is 17.9 Å². The summed E-state index contributed by atoms with van der Waals surface area (Å²) in [7, 11) is 0. The van der Waals surface area contributed by atoms with Crippen LogP contribution in [0.2, 0.25) is 0 Å². The molecule has 0 radical (unpaired) electrons. The highest BCUT2D eigenvalue weighted by molar-refractivity contribution is 5.47. The number of alkyl halides is 3. The summed E-state index contributed by atoms with van der Waals surface area (Å²) in [4.78, 5) is 11.8. The molecule has 1 saturated heterocycles. The Morgan fingerprint density at radius 2 is 1.89 bits per heavy atom. The van der Waals surface area contributed by atoms with Gasteiger partial charge in [0.2, 0.25) is 6.41 Å². The maximum absolute atomic E-state index is 12.0. The van der Waals surface area contributed by atoms with E-state index in [9.17, 15) is 18.0 Å². The van der Waals surface area contributed by atoms with Crippen LogP contribution in [0.25, 0.3) is 0 Å². The summed E-state index contributed by atoms with van der Waals surface area (Å²) in [6.45, 7) is 5.25. The van der Waals surface area contributed by atoms with E-state index in [0.29, 0.717) is 5.56 Å². The Morgan fingerprint density at radius 1 is 1.26 bits per heavy atom. The molecule has 3 nitrogen and oxygen atoms in total. The minimum Gasteiger partial charge on any atom is -0.343 e. The van der Waals surface area contributed by atoms with Gasteiger partial charge in [0.25, 0.3) is 0 Å². The van der Waals surface area contributed by atoms with E-state index >= 15 is 0 Å². The molecule has 2 rings (SSSR count). The standard InChI is InChI=1S/C8H7F3.C5H10N2O/c1-6-3-2-4-7(5-6)8(9,10)11;8-5-7-3-1-6-2-4-7/h2-5H,1H3;5-6H,1-4H2. The molecule has 0 saturated carbocycles. The molecule has 6 heteroatoms. The number of rotatable bonds is 1. The molecule has 1 fully saturated rings. The van der Waals surface area contributed by atoms with Crippen molar-refractivity contribution in [3.05, 3.63) is 35.4 Å². The molecule has 0 aliphatic carbocycles. The van der Waals surface area contributed by atoms with E-state index in [4.69, 9.17) is 0 Å². The van der Waals surface area contributed by atoms with Crippen molar-refractivity contribution in [1.82, 2.24) is 10.2 Å². The lowest BCUT2D eigenvalue weighted by Crippen LogP contribution is -2.42. The van der Waals surface area contributed by atoms with Crippen molar-refractivity contribution in [2.45, 2.75) is 13.1 Å². The van der Waals surface area contributed by atoms with Gasteiger partial charge in [-0.15, -0.1) is 0 Å². The van der Waals surface area contributed by atoms with Gasteiger partial charge in [-0.1, -0.05) is 23.8 Å². The van der Waals surface area contributed by atoms with Gasteiger partial charge in [-0.3, -0.25) is 4.79 Å². The Balaban J connectivity index is 0.000000200. The molecular formula is C13H17F3N2O. The van der Waals surface area contributed by atoms with Crippen molar-refractivity contribution < 1.29 is 18.0 Å². The third kappa shape index (κ3) is 5.74. The number of piperazine rings is 1. The van der Waals surface area contributed by atoms with Crippen molar-refractivity contribution in [3.8, 4) is 0 Å². The van der Waals surface area contributed by atoms with Gasteiger partial charge < -0.3 is 10.2 Å². The first kappa shape index (κ1) is 15.5. The second-order valence-electron chi connectivity index (χ2n) is 4.26. The number of nitrogens with one attached hydrogen (secondary N) is 1. The fourth-order valence-corrected chi connectivity index (χ4v) is 1.61. The Morgan fingerprint density at radius 3 is 2.26 bits per heavy atom.